The molecule has 1 atom stereocenters. The molecule has 2 aromatic rings. The van der Waals surface area contributed by atoms with Gasteiger partial charge in [0.1, 0.15) is 10.8 Å². The molecule has 2 aliphatic heterocycles. The molecule has 1 N–H and O–H groups in total. The Morgan fingerprint density at radius 1 is 1.28 bits per heavy atom. The highest BCUT2D eigenvalue weighted by Crippen LogP contribution is 2.36. The van der Waals surface area contributed by atoms with Crippen LogP contribution in [0.25, 0.3) is 10.3 Å². The van der Waals surface area contributed by atoms with Gasteiger partial charge in [-0.25, -0.2) is 14.8 Å². The molecule has 2 fully saturated rings. The van der Waals surface area contributed by atoms with Gasteiger partial charge in [-0.05, 0) is 25.7 Å². The lowest BCUT2D eigenvalue weighted by Gasteiger charge is -2.22. The molecule has 25 heavy (non-hydrogen) atoms. The normalized spacial score (nSPS) is 22.0. The number of amides is 1. The number of rotatable bonds is 2. The Kier molecular flexibility index (Phi) is 4.20. The standard InChI is InChI=1S/C16H20N4O4S/c1-19-12(9-4-7-24-8-5-9)18-14-11(15(19)21)17-13(25-14)10-3-2-6-20(10)16(22)23/h9-10H,2-8H2,1H3,(H,22,23)/t10-/m1/s1. The Bertz CT molecular complexity index is 871. The molecule has 1 amide bonds. The highest BCUT2D eigenvalue weighted by molar-refractivity contribution is 7.18. The second-order valence-corrected chi connectivity index (χ2v) is 7.57. The van der Waals surface area contributed by atoms with Crippen molar-refractivity contribution >= 4 is 27.8 Å². The minimum Gasteiger partial charge on any atom is -0.465 e. The molecule has 0 unspecified atom stereocenters. The maximum absolute atomic E-state index is 12.7. The zero-order valence-electron chi connectivity index (χ0n) is 14.0. The third kappa shape index (κ3) is 2.81. The first-order chi connectivity index (χ1) is 12.1. The average molecular weight is 364 g/mol. The predicted molar refractivity (Wildman–Crippen MR) is 92.2 cm³/mol. The highest BCUT2D eigenvalue weighted by Gasteiger charge is 2.33. The Hall–Kier alpha value is -2.00. The highest BCUT2D eigenvalue weighted by atomic mass is 32.1. The van der Waals surface area contributed by atoms with Crippen LogP contribution >= 0.6 is 11.3 Å². The van der Waals surface area contributed by atoms with Crippen LogP contribution in [0.5, 0.6) is 0 Å². The number of thiazole rings is 1. The molecule has 4 rings (SSSR count). The van der Waals surface area contributed by atoms with Crippen LogP contribution in [0.15, 0.2) is 4.79 Å². The molecule has 9 heteroatoms. The molecule has 0 radical (unpaired) electrons. The Morgan fingerprint density at radius 2 is 2.04 bits per heavy atom. The minimum absolute atomic E-state index is 0.158. The van der Waals surface area contributed by atoms with Gasteiger partial charge in [-0.2, -0.15) is 0 Å². The summed E-state index contributed by atoms with van der Waals surface area (Å²) in [6, 6.07) is -0.270. The second kappa shape index (κ2) is 6.38. The van der Waals surface area contributed by atoms with E-state index in [4.69, 9.17) is 9.72 Å². The van der Waals surface area contributed by atoms with Crippen molar-refractivity contribution < 1.29 is 14.6 Å². The van der Waals surface area contributed by atoms with E-state index in [0.29, 0.717) is 35.1 Å². The molecular formula is C16H20N4O4S. The Morgan fingerprint density at radius 3 is 2.76 bits per heavy atom. The van der Waals surface area contributed by atoms with Crippen molar-refractivity contribution in [1.29, 1.82) is 0 Å². The van der Waals surface area contributed by atoms with Crippen molar-refractivity contribution in [3.8, 4) is 0 Å². The molecule has 2 aliphatic rings. The van der Waals surface area contributed by atoms with E-state index in [0.717, 1.165) is 31.5 Å². The van der Waals surface area contributed by atoms with Gasteiger partial charge in [-0.3, -0.25) is 14.3 Å². The van der Waals surface area contributed by atoms with Gasteiger partial charge in [0.25, 0.3) is 5.56 Å². The lowest BCUT2D eigenvalue weighted by Crippen LogP contribution is -2.29. The maximum Gasteiger partial charge on any atom is 0.407 e. The number of hydrogen-bond acceptors (Lipinski definition) is 6. The number of hydrogen-bond donors (Lipinski definition) is 1. The van der Waals surface area contributed by atoms with Crippen molar-refractivity contribution in [1.82, 2.24) is 19.4 Å². The number of nitrogens with zero attached hydrogens (tertiary/aromatic N) is 4. The van der Waals surface area contributed by atoms with Crippen molar-refractivity contribution in [3.63, 3.8) is 0 Å². The van der Waals surface area contributed by atoms with Crippen LogP contribution in [0.4, 0.5) is 4.79 Å². The van der Waals surface area contributed by atoms with Crippen molar-refractivity contribution in [2.24, 2.45) is 7.05 Å². The van der Waals surface area contributed by atoms with Gasteiger partial charge in [0.05, 0.1) is 6.04 Å². The summed E-state index contributed by atoms with van der Waals surface area (Å²) in [7, 11) is 1.73. The zero-order valence-corrected chi connectivity index (χ0v) is 14.8. The van der Waals surface area contributed by atoms with E-state index in [9.17, 15) is 14.7 Å². The Balaban J connectivity index is 1.76. The molecule has 0 spiro atoms. The van der Waals surface area contributed by atoms with Gasteiger partial charge in [0.15, 0.2) is 10.3 Å². The van der Waals surface area contributed by atoms with E-state index < -0.39 is 6.09 Å². The smallest absolute Gasteiger partial charge is 0.407 e. The topological polar surface area (TPSA) is 97.6 Å². The molecule has 2 aromatic heterocycles. The fourth-order valence-corrected chi connectivity index (χ4v) is 4.79. The molecule has 0 saturated carbocycles. The monoisotopic (exact) mass is 364 g/mol. The summed E-state index contributed by atoms with van der Waals surface area (Å²) < 4.78 is 6.99. The van der Waals surface area contributed by atoms with E-state index >= 15 is 0 Å². The van der Waals surface area contributed by atoms with Gasteiger partial charge in [-0.15, -0.1) is 0 Å². The van der Waals surface area contributed by atoms with E-state index in [2.05, 4.69) is 4.98 Å². The summed E-state index contributed by atoms with van der Waals surface area (Å²) in [4.78, 5) is 35.3. The van der Waals surface area contributed by atoms with Crippen LogP contribution in [0.1, 0.15) is 48.5 Å². The predicted octanol–water partition coefficient (Wildman–Crippen LogP) is 2.10. The third-order valence-electron chi connectivity index (χ3n) is 5.06. The SMILES string of the molecule is Cn1c(C2CCOCC2)nc2sc([C@H]3CCCN3C(=O)O)nc2c1=O. The van der Waals surface area contributed by atoms with Crippen molar-refractivity contribution in [3.05, 3.63) is 21.2 Å². The molecule has 0 aliphatic carbocycles. The molecule has 0 bridgehead atoms. The van der Waals surface area contributed by atoms with Crippen molar-refractivity contribution in [2.75, 3.05) is 19.8 Å². The quantitative estimate of drug-likeness (QED) is 0.876. The van der Waals surface area contributed by atoms with Crippen LogP contribution < -0.4 is 5.56 Å². The lowest BCUT2D eigenvalue weighted by atomic mass is 9.99. The average Bonchev–Trinajstić information content (AvgIpc) is 3.25. The first kappa shape index (κ1) is 16.5. The van der Waals surface area contributed by atoms with Crippen LogP contribution in [-0.4, -0.2) is 50.4 Å². The number of fused-ring (bicyclic) bond motifs is 1. The van der Waals surface area contributed by atoms with Crippen LogP contribution in [0.3, 0.4) is 0 Å². The van der Waals surface area contributed by atoms with E-state index in [1.165, 1.54) is 16.2 Å². The lowest BCUT2D eigenvalue weighted by molar-refractivity contribution is 0.0828. The van der Waals surface area contributed by atoms with Crippen LogP contribution in [0.2, 0.25) is 0 Å². The van der Waals surface area contributed by atoms with Gasteiger partial charge in [0, 0.05) is 32.7 Å². The van der Waals surface area contributed by atoms with Gasteiger partial charge >= 0.3 is 6.09 Å². The van der Waals surface area contributed by atoms with E-state index in [1.807, 2.05) is 0 Å². The molecule has 0 aromatic carbocycles. The molecule has 8 nitrogen and oxygen atoms in total. The molecule has 2 saturated heterocycles. The van der Waals surface area contributed by atoms with Crippen LogP contribution in [0, 0.1) is 0 Å². The molecular weight excluding hydrogens is 344 g/mol. The number of carboxylic acid groups (broad SMARTS) is 1. The fraction of sp³-hybridized carbons (Fsp3) is 0.625. The second-order valence-electron chi connectivity index (χ2n) is 6.56. The number of likely N-dealkylation sites (tertiary alicyclic amines) is 1. The third-order valence-corrected chi connectivity index (χ3v) is 6.11. The summed E-state index contributed by atoms with van der Waals surface area (Å²) in [6.07, 6.45) is 2.32. The van der Waals surface area contributed by atoms with E-state index in [1.54, 1.807) is 11.6 Å². The largest absolute Gasteiger partial charge is 0.465 e. The van der Waals surface area contributed by atoms with Crippen LogP contribution in [-0.2, 0) is 11.8 Å². The van der Waals surface area contributed by atoms with Gasteiger partial charge in [-0.1, -0.05) is 11.3 Å². The van der Waals surface area contributed by atoms with Gasteiger partial charge in [0.2, 0.25) is 0 Å². The summed E-state index contributed by atoms with van der Waals surface area (Å²) >= 11 is 1.34. The first-order valence-electron chi connectivity index (χ1n) is 8.51. The minimum atomic E-state index is -0.939. The molecule has 4 heterocycles. The Labute approximate surface area is 148 Å². The van der Waals surface area contributed by atoms with Gasteiger partial charge < -0.3 is 9.84 Å². The first-order valence-corrected chi connectivity index (χ1v) is 9.32. The number of carbonyl (C=O) groups is 1. The number of ether oxygens (including phenoxy) is 1. The zero-order chi connectivity index (χ0) is 17.6. The fourth-order valence-electron chi connectivity index (χ4n) is 3.70. The molecule has 134 valence electrons. The van der Waals surface area contributed by atoms with E-state index in [-0.39, 0.29) is 17.5 Å². The van der Waals surface area contributed by atoms with Crippen molar-refractivity contribution in [2.45, 2.75) is 37.6 Å². The maximum atomic E-state index is 12.7. The summed E-state index contributed by atoms with van der Waals surface area (Å²) in [5.74, 6) is 0.987. The summed E-state index contributed by atoms with van der Waals surface area (Å²) in [5, 5.41) is 10.0. The summed E-state index contributed by atoms with van der Waals surface area (Å²) in [6.45, 7) is 1.87. The summed E-state index contributed by atoms with van der Waals surface area (Å²) in [5.41, 5.74) is 0.185. The number of aromatic nitrogens is 3.